The zero-order valence-electron chi connectivity index (χ0n) is 12.0. The minimum atomic E-state index is -3.49. The normalized spacial score (nSPS) is 11.8. The molecule has 0 aliphatic heterocycles. The molecule has 1 heterocycles. The van der Waals surface area contributed by atoms with Gasteiger partial charge in [-0.25, -0.2) is 18.1 Å². The fourth-order valence-corrected chi connectivity index (χ4v) is 4.24. The summed E-state index contributed by atoms with van der Waals surface area (Å²) in [6.45, 7) is 4.98. The monoisotopic (exact) mass is 371 g/mol. The van der Waals surface area contributed by atoms with Gasteiger partial charge in [0.15, 0.2) is 0 Å². The van der Waals surface area contributed by atoms with Crippen LogP contribution in [0.2, 0.25) is 0 Å². The van der Waals surface area contributed by atoms with Crippen molar-refractivity contribution in [1.82, 2.24) is 14.3 Å². The minimum absolute atomic E-state index is 0.285. The van der Waals surface area contributed by atoms with Crippen LogP contribution < -0.4 is 4.72 Å². The maximum Gasteiger partial charge on any atom is 0.241 e. The van der Waals surface area contributed by atoms with Crippen molar-refractivity contribution in [3.05, 3.63) is 46.5 Å². The molecule has 0 radical (unpaired) electrons. The first-order valence-corrected chi connectivity index (χ1v) is 8.90. The first-order valence-electron chi connectivity index (χ1n) is 6.62. The first kappa shape index (κ1) is 16.2. The molecular formula is C14H18BrN3O2S. The Morgan fingerprint density at radius 3 is 2.67 bits per heavy atom. The highest BCUT2D eigenvalue weighted by Gasteiger charge is 2.18. The van der Waals surface area contributed by atoms with Crippen LogP contribution in [0.15, 0.2) is 40.2 Å². The summed E-state index contributed by atoms with van der Waals surface area (Å²) in [7, 11) is -3.49. The Balaban J connectivity index is 2.00. The van der Waals surface area contributed by atoms with Crippen molar-refractivity contribution in [1.29, 1.82) is 0 Å². The molecule has 0 aliphatic rings. The molecule has 0 amide bonds. The Bertz CT molecular complexity index is 712. The van der Waals surface area contributed by atoms with Crippen LogP contribution >= 0.6 is 15.9 Å². The highest BCUT2D eigenvalue weighted by Crippen LogP contribution is 2.25. The second-order valence-electron chi connectivity index (χ2n) is 4.92. The van der Waals surface area contributed by atoms with Crippen LogP contribution in [-0.4, -0.2) is 24.5 Å². The number of aromatic nitrogens is 2. The van der Waals surface area contributed by atoms with E-state index in [0.29, 0.717) is 17.4 Å². The second kappa shape index (κ2) is 6.72. The number of benzene rings is 1. The maximum absolute atomic E-state index is 12.3. The number of halogens is 1. The Hall–Kier alpha value is -1.18. The number of sulfonamides is 1. The van der Waals surface area contributed by atoms with E-state index in [9.17, 15) is 8.42 Å². The topological polar surface area (TPSA) is 64.0 Å². The fourth-order valence-electron chi connectivity index (χ4n) is 1.93. The van der Waals surface area contributed by atoms with Gasteiger partial charge in [-0.15, -0.1) is 0 Å². The van der Waals surface area contributed by atoms with Crippen molar-refractivity contribution in [2.24, 2.45) is 0 Å². The number of aryl methyl sites for hydroxylation is 3. The lowest BCUT2D eigenvalue weighted by molar-refractivity contribution is 0.569. The lowest BCUT2D eigenvalue weighted by Gasteiger charge is -2.11. The molecule has 2 rings (SSSR count). The molecule has 0 fully saturated rings. The smallest absolute Gasteiger partial charge is 0.241 e. The van der Waals surface area contributed by atoms with Crippen LogP contribution in [-0.2, 0) is 16.6 Å². The van der Waals surface area contributed by atoms with Crippen molar-refractivity contribution in [2.45, 2.75) is 31.7 Å². The van der Waals surface area contributed by atoms with E-state index in [1.54, 1.807) is 18.6 Å². The lowest BCUT2D eigenvalue weighted by atomic mass is 10.1. The summed E-state index contributed by atoms with van der Waals surface area (Å²) in [6.07, 6.45) is 5.98. The number of hydrogen-bond donors (Lipinski definition) is 1. The predicted octanol–water partition coefficient (Wildman–Crippen LogP) is 2.63. The molecule has 0 aliphatic carbocycles. The highest BCUT2D eigenvalue weighted by atomic mass is 79.9. The molecule has 0 spiro atoms. The third kappa shape index (κ3) is 4.15. The lowest BCUT2D eigenvalue weighted by Crippen LogP contribution is -2.26. The van der Waals surface area contributed by atoms with E-state index in [1.807, 2.05) is 30.7 Å². The van der Waals surface area contributed by atoms with Gasteiger partial charge in [-0.1, -0.05) is 0 Å². The van der Waals surface area contributed by atoms with Gasteiger partial charge in [-0.05, 0) is 59.5 Å². The van der Waals surface area contributed by atoms with Gasteiger partial charge >= 0.3 is 0 Å². The Labute approximate surface area is 133 Å². The van der Waals surface area contributed by atoms with E-state index in [-0.39, 0.29) is 4.90 Å². The summed E-state index contributed by atoms with van der Waals surface area (Å²) in [5.41, 5.74) is 2.01. The summed E-state index contributed by atoms with van der Waals surface area (Å²) in [6, 6.07) is 3.52. The molecule has 0 unspecified atom stereocenters. The zero-order chi connectivity index (χ0) is 15.5. The fraction of sp³-hybridized carbons (Fsp3) is 0.357. The van der Waals surface area contributed by atoms with Gasteiger partial charge in [-0.3, -0.25) is 0 Å². The maximum atomic E-state index is 12.3. The number of imidazole rings is 1. The highest BCUT2D eigenvalue weighted by molar-refractivity contribution is 9.10. The Morgan fingerprint density at radius 2 is 2.00 bits per heavy atom. The van der Waals surface area contributed by atoms with Crippen molar-refractivity contribution < 1.29 is 8.42 Å². The minimum Gasteiger partial charge on any atom is -0.337 e. The first-order chi connectivity index (χ1) is 9.90. The number of hydrogen-bond acceptors (Lipinski definition) is 3. The van der Waals surface area contributed by atoms with Gasteiger partial charge in [0, 0.05) is 30.0 Å². The average Bonchev–Trinajstić information content (AvgIpc) is 2.92. The molecule has 1 aromatic heterocycles. The number of nitrogens with one attached hydrogen (secondary N) is 1. The summed E-state index contributed by atoms with van der Waals surface area (Å²) in [4.78, 5) is 4.23. The van der Waals surface area contributed by atoms with Gasteiger partial charge in [0.25, 0.3) is 0 Å². The van der Waals surface area contributed by atoms with Crippen LogP contribution in [0.4, 0.5) is 0 Å². The second-order valence-corrected chi connectivity index (χ2v) is 7.51. The predicted molar refractivity (Wildman–Crippen MR) is 85.6 cm³/mol. The van der Waals surface area contributed by atoms with Crippen LogP contribution in [0.1, 0.15) is 17.5 Å². The third-order valence-electron chi connectivity index (χ3n) is 3.28. The quantitative estimate of drug-likeness (QED) is 0.793. The number of rotatable bonds is 6. The molecule has 1 N–H and O–H groups in total. The van der Waals surface area contributed by atoms with Gasteiger partial charge in [0.1, 0.15) is 0 Å². The van der Waals surface area contributed by atoms with E-state index in [0.717, 1.165) is 17.7 Å². The van der Waals surface area contributed by atoms with E-state index in [4.69, 9.17) is 0 Å². The van der Waals surface area contributed by atoms with Crippen molar-refractivity contribution >= 4 is 26.0 Å². The van der Waals surface area contributed by atoms with Gasteiger partial charge in [-0.2, -0.15) is 0 Å². The SMILES string of the molecule is Cc1cc(Br)c(S(=O)(=O)NCCCn2ccnc2)cc1C. The van der Waals surface area contributed by atoms with E-state index in [2.05, 4.69) is 25.6 Å². The summed E-state index contributed by atoms with van der Waals surface area (Å²) < 4.78 is 29.8. The van der Waals surface area contributed by atoms with Crippen LogP contribution in [0.3, 0.4) is 0 Å². The van der Waals surface area contributed by atoms with Gasteiger partial charge in [0.2, 0.25) is 10.0 Å². The van der Waals surface area contributed by atoms with Crippen molar-refractivity contribution in [3.8, 4) is 0 Å². The zero-order valence-corrected chi connectivity index (χ0v) is 14.4. The molecule has 1 aromatic carbocycles. The average molecular weight is 372 g/mol. The summed E-state index contributed by atoms with van der Waals surface area (Å²) in [5.74, 6) is 0. The largest absolute Gasteiger partial charge is 0.337 e. The molecule has 5 nitrogen and oxygen atoms in total. The van der Waals surface area contributed by atoms with Crippen LogP contribution in [0.5, 0.6) is 0 Å². The molecule has 7 heteroatoms. The van der Waals surface area contributed by atoms with Crippen LogP contribution in [0, 0.1) is 13.8 Å². The number of nitrogens with zero attached hydrogens (tertiary/aromatic N) is 2. The van der Waals surface area contributed by atoms with E-state index in [1.165, 1.54) is 0 Å². The molecule has 114 valence electrons. The third-order valence-corrected chi connectivity index (χ3v) is 5.70. The van der Waals surface area contributed by atoms with Crippen molar-refractivity contribution in [2.75, 3.05) is 6.54 Å². The van der Waals surface area contributed by atoms with E-state index < -0.39 is 10.0 Å². The summed E-state index contributed by atoms with van der Waals surface area (Å²) in [5, 5.41) is 0. The van der Waals surface area contributed by atoms with E-state index >= 15 is 0 Å². The molecular weight excluding hydrogens is 354 g/mol. The molecule has 0 saturated carbocycles. The van der Waals surface area contributed by atoms with Crippen molar-refractivity contribution in [3.63, 3.8) is 0 Å². The molecule has 0 saturated heterocycles. The van der Waals surface area contributed by atoms with Crippen LogP contribution in [0.25, 0.3) is 0 Å². The molecule has 21 heavy (non-hydrogen) atoms. The molecule has 0 atom stereocenters. The summed E-state index contributed by atoms with van der Waals surface area (Å²) >= 11 is 3.33. The Morgan fingerprint density at radius 1 is 1.29 bits per heavy atom. The molecule has 0 bridgehead atoms. The standard InChI is InChI=1S/C14H18BrN3O2S/c1-11-8-13(15)14(9-12(11)2)21(19,20)17-4-3-6-18-7-5-16-10-18/h5,7-10,17H,3-4,6H2,1-2H3. The Kier molecular flexibility index (Phi) is 5.18. The van der Waals surface area contributed by atoms with Gasteiger partial charge in [0.05, 0.1) is 11.2 Å². The molecule has 2 aromatic rings. The van der Waals surface area contributed by atoms with Gasteiger partial charge < -0.3 is 4.57 Å².